The Balaban J connectivity index is 1.51. The number of halogens is 1. The molecule has 27 heavy (non-hydrogen) atoms. The highest BCUT2D eigenvalue weighted by atomic mass is 35.5. The zero-order valence-corrected chi connectivity index (χ0v) is 16.1. The molecule has 2 aromatic carbocycles. The molecule has 0 unspecified atom stereocenters. The van der Waals surface area contributed by atoms with Crippen molar-refractivity contribution in [3.8, 4) is 5.75 Å². The lowest BCUT2D eigenvalue weighted by atomic mass is 10.1. The summed E-state index contributed by atoms with van der Waals surface area (Å²) in [5, 5.41) is 1.63. The molecule has 1 saturated heterocycles. The Morgan fingerprint density at radius 2 is 1.89 bits per heavy atom. The minimum absolute atomic E-state index is 0.0617. The second-order valence-corrected chi connectivity index (χ2v) is 7.11. The number of anilines is 1. The van der Waals surface area contributed by atoms with E-state index in [9.17, 15) is 4.79 Å². The van der Waals surface area contributed by atoms with Gasteiger partial charge in [0.2, 0.25) is 0 Å². The van der Waals surface area contributed by atoms with Crippen LogP contribution in [0.25, 0.3) is 11.0 Å². The smallest absolute Gasteiger partial charge is 0.290 e. The van der Waals surface area contributed by atoms with E-state index in [-0.39, 0.29) is 5.91 Å². The fourth-order valence-corrected chi connectivity index (χ4v) is 3.70. The number of amides is 1. The van der Waals surface area contributed by atoms with Gasteiger partial charge in [0.25, 0.3) is 5.91 Å². The largest absolute Gasteiger partial charge is 0.497 e. The minimum Gasteiger partial charge on any atom is -0.497 e. The molecule has 0 bridgehead atoms. The van der Waals surface area contributed by atoms with E-state index >= 15 is 0 Å². The molecule has 3 aromatic rings. The number of aryl methyl sites for hydroxylation is 1. The molecule has 6 heteroatoms. The molecular formula is C21H21ClN2O3. The van der Waals surface area contributed by atoms with Crippen LogP contribution in [0.5, 0.6) is 5.75 Å². The summed E-state index contributed by atoms with van der Waals surface area (Å²) in [5.41, 5.74) is 2.64. The van der Waals surface area contributed by atoms with Crippen molar-refractivity contribution in [2.45, 2.75) is 6.92 Å². The van der Waals surface area contributed by atoms with E-state index in [0.717, 1.165) is 40.5 Å². The highest BCUT2D eigenvalue weighted by molar-refractivity contribution is 6.30. The summed E-state index contributed by atoms with van der Waals surface area (Å²) in [4.78, 5) is 17.1. The van der Waals surface area contributed by atoms with Crippen LogP contribution < -0.4 is 9.64 Å². The van der Waals surface area contributed by atoms with E-state index < -0.39 is 0 Å². The number of methoxy groups -OCH3 is 1. The van der Waals surface area contributed by atoms with Crippen LogP contribution in [0.15, 0.2) is 46.9 Å². The molecule has 0 atom stereocenters. The van der Waals surface area contributed by atoms with Gasteiger partial charge in [0, 0.05) is 47.8 Å². The predicted molar refractivity (Wildman–Crippen MR) is 107 cm³/mol. The number of hydrogen-bond acceptors (Lipinski definition) is 4. The van der Waals surface area contributed by atoms with Crippen LogP contribution in [0.3, 0.4) is 0 Å². The molecule has 2 heterocycles. The number of piperazine rings is 1. The zero-order chi connectivity index (χ0) is 19.0. The van der Waals surface area contributed by atoms with Crippen LogP contribution in [0, 0.1) is 6.92 Å². The summed E-state index contributed by atoms with van der Waals surface area (Å²) in [6.45, 7) is 4.73. The Morgan fingerprint density at radius 1 is 1.11 bits per heavy atom. The van der Waals surface area contributed by atoms with E-state index in [2.05, 4.69) is 4.90 Å². The fraction of sp³-hybridized carbons (Fsp3) is 0.286. The van der Waals surface area contributed by atoms with Crippen LogP contribution in [0.4, 0.5) is 5.69 Å². The number of furan rings is 1. The van der Waals surface area contributed by atoms with E-state index in [1.165, 1.54) is 0 Å². The highest BCUT2D eigenvalue weighted by Crippen LogP contribution is 2.30. The van der Waals surface area contributed by atoms with Crippen LogP contribution in [0.2, 0.25) is 5.02 Å². The number of carbonyl (C=O) groups excluding carboxylic acids is 1. The maximum atomic E-state index is 13.0. The summed E-state index contributed by atoms with van der Waals surface area (Å²) < 4.78 is 11.1. The van der Waals surface area contributed by atoms with Crippen molar-refractivity contribution in [2.24, 2.45) is 0 Å². The Kier molecular flexibility index (Phi) is 4.70. The second-order valence-electron chi connectivity index (χ2n) is 6.68. The molecule has 1 fully saturated rings. The van der Waals surface area contributed by atoms with Gasteiger partial charge in [-0.1, -0.05) is 17.7 Å². The third-order valence-electron chi connectivity index (χ3n) is 5.08. The van der Waals surface area contributed by atoms with Gasteiger partial charge >= 0.3 is 0 Å². The molecule has 0 spiro atoms. The number of carbonyl (C=O) groups is 1. The molecule has 4 rings (SSSR count). The van der Waals surface area contributed by atoms with Gasteiger partial charge in [0.15, 0.2) is 5.76 Å². The number of hydrogen-bond donors (Lipinski definition) is 0. The first-order chi connectivity index (χ1) is 13.1. The first kappa shape index (κ1) is 17.7. The number of rotatable bonds is 3. The number of fused-ring (bicyclic) bond motifs is 1. The number of nitrogens with zero attached hydrogens (tertiary/aromatic N) is 2. The van der Waals surface area contributed by atoms with Crippen molar-refractivity contribution in [1.29, 1.82) is 0 Å². The summed E-state index contributed by atoms with van der Waals surface area (Å²) >= 11 is 6.09. The van der Waals surface area contributed by atoms with Gasteiger partial charge in [-0.15, -0.1) is 0 Å². The Hall–Kier alpha value is -2.66. The average Bonchev–Trinajstić information content (AvgIpc) is 3.03. The lowest BCUT2D eigenvalue weighted by Gasteiger charge is -2.35. The fourth-order valence-electron chi connectivity index (χ4n) is 3.52. The van der Waals surface area contributed by atoms with E-state index in [4.69, 9.17) is 20.8 Å². The standard InChI is InChI=1S/C21H21ClN2O3/c1-14-18-13-17(26-2)6-7-19(18)27-20(14)21(25)24-10-8-23(9-11-24)16-5-3-4-15(22)12-16/h3-7,12-13H,8-11H2,1-2H3. The monoisotopic (exact) mass is 384 g/mol. The quantitative estimate of drug-likeness (QED) is 0.672. The molecule has 1 amide bonds. The first-order valence-corrected chi connectivity index (χ1v) is 9.31. The van der Waals surface area contributed by atoms with E-state index in [1.54, 1.807) is 7.11 Å². The first-order valence-electron chi connectivity index (χ1n) is 8.94. The van der Waals surface area contributed by atoms with E-state index in [0.29, 0.717) is 24.4 Å². The third kappa shape index (κ3) is 3.35. The molecule has 1 aromatic heterocycles. The Morgan fingerprint density at radius 3 is 2.59 bits per heavy atom. The molecule has 140 valence electrons. The lowest BCUT2D eigenvalue weighted by molar-refractivity contribution is 0.0716. The molecular weight excluding hydrogens is 364 g/mol. The summed E-state index contributed by atoms with van der Waals surface area (Å²) in [6.07, 6.45) is 0. The van der Waals surface area contributed by atoms with Gasteiger partial charge in [-0.2, -0.15) is 0 Å². The van der Waals surface area contributed by atoms with Gasteiger partial charge in [0.1, 0.15) is 11.3 Å². The second kappa shape index (κ2) is 7.16. The van der Waals surface area contributed by atoms with E-state index in [1.807, 2.05) is 54.3 Å². The molecule has 0 aliphatic carbocycles. The predicted octanol–water partition coefficient (Wildman–Crippen LogP) is 4.37. The van der Waals surface area contributed by atoms with Crippen molar-refractivity contribution >= 4 is 34.2 Å². The van der Waals surface area contributed by atoms with Crippen molar-refractivity contribution in [2.75, 3.05) is 38.2 Å². The maximum Gasteiger partial charge on any atom is 0.290 e. The van der Waals surface area contributed by atoms with Crippen LogP contribution in [-0.2, 0) is 0 Å². The van der Waals surface area contributed by atoms with Gasteiger partial charge in [-0.25, -0.2) is 0 Å². The SMILES string of the molecule is COc1ccc2oc(C(=O)N3CCN(c4cccc(Cl)c4)CC3)c(C)c2c1. The van der Waals surface area contributed by atoms with Crippen LogP contribution >= 0.6 is 11.6 Å². The maximum absolute atomic E-state index is 13.0. The molecule has 5 nitrogen and oxygen atoms in total. The number of ether oxygens (including phenoxy) is 1. The summed E-state index contributed by atoms with van der Waals surface area (Å²) in [6, 6.07) is 13.4. The van der Waals surface area contributed by atoms with Gasteiger partial charge in [0.05, 0.1) is 7.11 Å². The topological polar surface area (TPSA) is 45.9 Å². The lowest BCUT2D eigenvalue weighted by Crippen LogP contribution is -2.48. The van der Waals surface area contributed by atoms with Crippen LogP contribution in [0.1, 0.15) is 16.1 Å². The third-order valence-corrected chi connectivity index (χ3v) is 5.31. The number of benzene rings is 2. The summed E-state index contributed by atoms with van der Waals surface area (Å²) in [7, 11) is 1.63. The molecule has 0 N–H and O–H groups in total. The summed E-state index contributed by atoms with van der Waals surface area (Å²) in [5.74, 6) is 1.10. The molecule has 1 aliphatic rings. The van der Waals surface area contributed by atoms with Crippen molar-refractivity contribution in [3.63, 3.8) is 0 Å². The Bertz CT molecular complexity index is 990. The molecule has 1 aliphatic heterocycles. The van der Waals surface area contributed by atoms with Crippen LogP contribution in [-0.4, -0.2) is 44.1 Å². The van der Waals surface area contributed by atoms with Gasteiger partial charge < -0.3 is 19.0 Å². The normalized spacial score (nSPS) is 14.6. The van der Waals surface area contributed by atoms with Gasteiger partial charge in [-0.05, 0) is 43.3 Å². The zero-order valence-electron chi connectivity index (χ0n) is 15.4. The minimum atomic E-state index is -0.0617. The van der Waals surface area contributed by atoms with Crippen molar-refractivity contribution in [3.05, 3.63) is 58.8 Å². The van der Waals surface area contributed by atoms with Crippen molar-refractivity contribution in [1.82, 2.24) is 4.90 Å². The van der Waals surface area contributed by atoms with Gasteiger partial charge in [-0.3, -0.25) is 4.79 Å². The Labute approximate surface area is 163 Å². The molecule has 0 radical (unpaired) electrons. The molecule has 0 saturated carbocycles. The van der Waals surface area contributed by atoms with Crippen molar-refractivity contribution < 1.29 is 13.9 Å². The average molecular weight is 385 g/mol. The highest BCUT2D eigenvalue weighted by Gasteiger charge is 2.27.